The van der Waals surface area contributed by atoms with Crippen LogP contribution in [0, 0.1) is 23.7 Å². The monoisotopic (exact) mass is 524 g/mol. The molecule has 5 rings (SSSR count). The van der Waals surface area contributed by atoms with Crippen LogP contribution in [0.15, 0.2) is 35.3 Å². The molecule has 1 aromatic rings. The summed E-state index contributed by atoms with van der Waals surface area (Å²) in [6.07, 6.45) is 5.17. The predicted octanol–water partition coefficient (Wildman–Crippen LogP) is 1.51. The topological polar surface area (TPSA) is 92.3 Å². The molecule has 1 aromatic carbocycles. The van der Waals surface area contributed by atoms with Crippen molar-refractivity contribution in [1.29, 1.82) is 0 Å². The first-order valence-electron chi connectivity index (χ1n) is 10.0. The molecule has 4 unspecified atom stereocenters. The molecule has 2 aliphatic carbocycles. The number of halogens is 1. The van der Waals surface area contributed by atoms with Gasteiger partial charge in [0, 0.05) is 32.2 Å². The van der Waals surface area contributed by atoms with Crippen LogP contribution in [-0.4, -0.2) is 49.6 Å². The average Bonchev–Trinajstić information content (AvgIpc) is 3.50. The number of fused-ring (bicyclic) bond motifs is 6. The summed E-state index contributed by atoms with van der Waals surface area (Å²) in [6.45, 7) is 1.55. The highest BCUT2D eigenvalue weighted by Gasteiger charge is 2.58. The van der Waals surface area contributed by atoms with Crippen LogP contribution in [0.2, 0.25) is 0 Å². The van der Waals surface area contributed by atoms with Gasteiger partial charge in [0.25, 0.3) is 0 Å². The smallest absolute Gasteiger partial charge is 0.233 e. The van der Waals surface area contributed by atoms with Gasteiger partial charge in [-0.05, 0) is 24.3 Å². The first-order valence-corrected chi connectivity index (χ1v) is 10.0. The minimum absolute atomic E-state index is 0. The third-order valence-corrected chi connectivity index (χ3v) is 6.34. The molecule has 0 aromatic heterocycles. The second kappa shape index (κ2) is 8.44. The summed E-state index contributed by atoms with van der Waals surface area (Å²) in [5, 5.41) is 6.42. The first kappa shape index (κ1) is 21.0. The number of benzene rings is 1. The Hall–Kier alpha value is -2.30. The number of allylic oxidation sites excluding steroid dienone is 2. The number of ether oxygens (including phenoxy) is 2. The van der Waals surface area contributed by atoms with E-state index in [9.17, 15) is 9.59 Å². The lowest BCUT2D eigenvalue weighted by atomic mass is 9.85. The Labute approximate surface area is 192 Å². The van der Waals surface area contributed by atoms with Gasteiger partial charge in [0.1, 0.15) is 0 Å². The van der Waals surface area contributed by atoms with E-state index in [1.54, 1.807) is 7.05 Å². The Balaban J connectivity index is 0.00000218. The van der Waals surface area contributed by atoms with Crippen molar-refractivity contribution in [3.8, 4) is 11.5 Å². The number of hydrogen-bond acceptors (Lipinski definition) is 5. The molecule has 1 saturated carbocycles. The fourth-order valence-corrected chi connectivity index (χ4v) is 5.00. The molecule has 4 atom stereocenters. The van der Waals surface area contributed by atoms with E-state index >= 15 is 0 Å². The lowest BCUT2D eigenvalue weighted by Crippen LogP contribution is -2.43. The van der Waals surface area contributed by atoms with Crippen molar-refractivity contribution in [1.82, 2.24) is 15.5 Å². The third kappa shape index (κ3) is 3.42. The van der Waals surface area contributed by atoms with Crippen molar-refractivity contribution in [2.24, 2.45) is 28.7 Å². The summed E-state index contributed by atoms with van der Waals surface area (Å²) in [5.74, 6) is 2.26. The second-order valence-electron chi connectivity index (χ2n) is 7.83. The minimum atomic E-state index is -0.141. The molecule has 2 bridgehead atoms. The normalized spacial score (nSPS) is 28.0. The van der Waals surface area contributed by atoms with Gasteiger partial charge in [0.15, 0.2) is 17.5 Å². The number of likely N-dealkylation sites (tertiary alicyclic amines) is 1. The molecule has 2 amide bonds. The van der Waals surface area contributed by atoms with Crippen LogP contribution < -0.4 is 20.1 Å². The highest BCUT2D eigenvalue weighted by atomic mass is 127. The number of imide groups is 1. The maximum atomic E-state index is 12.7. The third-order valence-electron chi connectivity index (χ3n) is 6.34. The summed E-state index contributed by atoms with van der Waals surface area (Å²) in [5.41, 5.74) is 0.976. The van der Waals surface area contributed by atoms with E-state index in [4.69, 9.17) is 9.47 Å². The lowest BCUT2D eigenvalue weighted by molar-refractivity contribution is -0.140. The number of nitrogens with one attached hydrogen (secondary N) is 2. The average molecular weight is 524 g/mol. The van der Waals surface area contributed by atoms with Gasteiger partial charge in [-0.15, -0.1) is 24.0 Å². The second-order valence-corrected chi connectivity index (χ2v) is 7.83. The lowest BCUT2D eigenvalue weighted by Gasteiger charge is -2.18. The molecule has 30 heavy (non-hydrogen) atoms. The largest absolute Gasteiger partial charge is 0.454 e. The van der Waals surface area contributed by atoms with Gasteiger partial charge in [0.05, 0.1) is 11.8 Å². The molecule has 4 aliphatic rings. The quantitative estimate of drug-likeness (QED) is 0.200. The van der Waals surface area contributed by atoms with Crippen LogP contribution in [-0.2, 0) is 16.1 Å². The summed E-state index contributed by atoms with van der Waals surface area (Å²) in [6, 6.07) is 5.76. The zero-order valence-corrected chi connectivity index (χ0v) is 19.0. The number of guanidine groups is 1. The van der Waals surface area contributed by atoms with E-state index < -0.39 is 0 Å². The van der Waals surface area contributed by atoms with E-state index in [2.05, 4.69) is 27.8 Å². The van der Waals surface area contributed by atoms with Crippen LogP contribution in [0.5, 0.6) is 11.5 Å². The highest BCUT2D eigenvalue weighted by Crippen LogP contribution is 2.52. The van der Waals surface area contributed by atoms with Crippen molar-refractivity contribution in [2.45, 2.75) is 13.0 Å². The molecule has 9 heteroatoms. The number of carbonyl (C=O) groups is 2. The number of hydrogen-bond donors (Lipinski definition) is 2. The fraction of sp³-hybridized carbons (Fsp3) is 0.476. The van der Waals surface area contributed by atoms with Crippen molar-refractivity contribution < 1.29 is 19.1 Å². The van der Waals surface area contributed by atoms with Gasteiger partial charge in [-0.25, -0.2) is 0 Å². The molecule has 2 aliphatic heterocycles. The van der Waals surface area contributed by atoms with E-state index in [1.807, 2.05) is 18.2 Å². The van der Waals surface area contributed by atoms with E-state index in [1.165, 1.54) is 4.90 Å². The molecular weight excluding hydrogens is 499 g/mol. The van der Waals surface area contributed by atoms with Crippen molar-refractivity contribution in [3.63, 3.8) is 0 Å². The fourth-order valence-electron chi connectivity index (χ4n) is 5.00. The molecule has 8 nitrogen and oxygen atoms in total. The van der Waals surface area contributed by atoms with Crippen LogP contribution in [0.4, 0.5) is 0 Å². The Morgan fingerprint density at radius 1 is 1.13 bits per heavy atom. The van der Waals surface area contributed by atoms with Gasteiger partial charge >= 0.3 is 0 Å². The zero-order chi connectivity index (χ0) is 20.0. The number of nitrogens with zero attached hydrogens (tertiary/aromatic N) is 2. The Bertz CT molecular complexity index is 888. The van der Waals surface area contributed by atoms with Gasteiger partial charge in [0.2, 0.25) is 18.6 Å². The molecule has 2 fully saturated rings. The van der Waals surface area contributed by atoms with Gasteiger partial charge in [-0.1, -0.05) is 24.3 Å². The van der Waals surface area contributed by atoms with E-state index in [0.717, 1.165) is 23.5 Å². The number of para-hydroxylation sites is 1. The number of carbonyl (C=O) groups excluding carboxylic acids is 2. The Morgan fingerprint density at radius 2 is 1.87 bits per heavy atom. The first-order chi connectivity index (χ1) is 14.2. The molecule has 2 heterocycles. The summed E-state index contributed by atoms with van der Waals surface area (Å²) < 4.78 is 10.9. The maximum Gasteiger partial charge on any atom is 0.233 e. The number of rotatable bonds is 5. The van der Waals surface area contributed by atoms with Crippen LogP contribution in [0.3, 0.4) is 0 Å². The van der Waals surface area contributed by atoms with Crippen molar-refractivity contribution in [2.75, 3.05) is 26.9 Å². The van der Waals surface area contributed by atoms with Gasteiger partial charge in [-0.2, -0.15) is 0 Å². The van der Waals surface area contributed by atoms with Crippen molar-refractivity contribution >= 4 is 41.8 Å². The van der Waals surface area contributed by atoms with Crippen LogP contribution in [0.1, 0.15) is 12.0 Å². The van der Waals surface area contributed by atoms with Crippen LogP contribution in [0.25, 0.3) is 0 Å². The molecule has 160 valence electrons. The van der Waals surface area contributed by atoms with Gasteiger partial charge < -0.3 is 20.1 Å². The molecule has 2 N–H and O–H groups in total. The predicted molar refractivity (Wildman–Crippen MR) is 121 cm³/mol. The minimum Gasteiger partial charge on any atom is -0.454 e. The molecular formula is C21H25IN4O4. The number of amides is 2. The SMILES string of the molecule is CN=C(NCCN1C(=O)C2C3C=CC(C3)C2C1=O)NCc1cccc2c1OCO2.I. The Kier molecular flexibility index (Phi) is 5.90. The molecule has 0 spiro atoms. The summed E-state index contributed by atoms with van der Waals surface area (Å²) in [4.78, 5) is 31.1. The maximum absolute atomic E-state index is 12.7. The van der Waals surface area contributed by atoms with Crippen LogP contribution >= 0.6 is 24.0 Å². The number of aliphatic imine (C=N–C) groups is 1. The summed E-state index contributed by atoms with van der Waals surface area (Å²) in [7, 11) is 1.68. The van der Waals surface area contributed by atoms with Gasteiger partial charge in [-0.3, -0.25) is 19.5 Å². The highest BCUT2D eigenvalue weighted by molar-refractivity contribution is 14.0. The summed E-state index contributed by atoms with van der Waals surface area (Å²) >= 11 is 0. The standard InChI is InChI=1S/C21H24N4O4.HI/c1-22-21(24-10-14-3-2-4-15-18(14)29-11-28-15)23-7-8-25-19(26)16-12-5-6-13(9-12)17(16)20(25)27;/h2-6,12-13,16-17H,7-11H2,1H3,(H2,22,23,24);1H. The van der Waals surface area contributed by atoms with E-state index in [-0.39, 0.29) is 66.3 Å². The van der Waals surface area contributed by atoms with Crippen molar-refractivity contribution in [3.05, 3.63) is 35.9 Å². The molecule has 0 radical (unpaired) electrons. The zero-order valence-electron chi connectivity index (χ0n) is 16.7. The van der Waals surface area contributed by atoms with E-state index in [0.29, 0.717) is 25.6 Å². The Morgan fingerprint density at radius 3 is 2.57 bits per heavy atom. The molecule has 1 saturated heterocycles.